The van der Waals surface area contributed by atoms with Gasteiger partial charge in [0.15, 0.2) is 0 Å². The Hall–Kier alpha value is -7.05. The Morgan fingerprint density at radius 1 is 0.446 bits per heavy atom. The van der Waals surface area contributed by atoms with Crippen LogP contribution in [0.4, 0.5) is 72.3 Å². The van der Waals surface area contributed by atoms with Gasteiger partial charge in [-0.3, -0.25) is 23.0 Å². The van der Waals surface area contributed by atoms with Gasteiger partial charge in [0.2, 0.25) is 36.0 Å². The van der Waals surface area contributed by atoms with Crippen LogP contribution in [0, 0.1) is 45.2 Å². The van der Waals surface area contributed by atoms with Gasteiger partial charge in [-0.15, -0.1) is 0 Å². The van der Waals surface area contributed by atoms with Crippen molar-refractivity contribution >= 4 is 123 Å². The average molecular weight is 1970 g/mol. The minimum atomic E-state index is -4.76. The third-order valence-electron chi connectivity index (χ3n) is 25.0. The molecule has 130 heavy (non-hydrogen) atoms. The number of aryl methyl sites for hydroxylation is 4. The molecule has 3 saturated carbocycles. The number of carbonyl (C=O) groups excluding carboxylic acids is 4. The number of likely N-dealkylation sites (tertiary alicyclic amines) is 5. The number of sulfonamides is 3. The fraction of sp³-hybridized carbons (Fsp3) is 0.630. The number of nitrogens with zero attached hydrogens (tertiary/aromatic N) is 7. The summed E-state index contributed by atoms with van der Waals surface area (Å²) >= 11 is 25.3. The molecule has 0 unspecified atom stereocenters. The molecule has 722 valence electrons. The predicted molar refractivity (Wildman–Crippen MR) is 491 cm³/mol. The van der Waals surface area contributed by atoms with E-state index in [1.165, 1.54) is 24.3 Å². The minimum absolute atomic E-state index is 0.0179. The summed E-state index contributed by atoms with van der Waals surface area (Å²) in [4.78, 5) is 59.8. The minimum Gasteiger partial charge on any atom is -0.444 e. The predicted octanol–water partition coefficient (Wildman–Crippen LogP) is 21.0. The number of piperidine rings is 4. The second-order valence-electron chi connectivity index (χ2n) is 38.8. The molecule has 6 heterocycles. The molecule has 0 aromatic heterocycles. The van der Waals surface area contributed by atoms with Crippen molar-refractivity contribution in [3.63, 3.8) is 0 Å². The first-order valence-corrected chi connectivity index (χ1v) is 50.6. The van der Waals surface area contributed by atoms with E-state index in [4.69, 9.17) is 71.1 Å². The SMILES string of the molecule is Cc1cc(N(CC(F)(F)F)S(=O)(=O)C2CC2)c(C2CCN(C(=O)OC(C)(C)C)CC2)cc1Cl.Cc1cc(N(CC(F)(F)F)S(=O)(=O)C2CC2)c(C2CCN(C(=O)[C@@H]3CN(C4CCOCC4)C[C@H]3c3ccc(F)cc3F)CC2)cc1Cl.Cc1cc(N)c(C2CCN(C(=O)OC(C)(C)C)CC2)cc1Cl.Cc1cc(NS(=O)(=O)C2CC2)c(C2CCN(C(=O)OC(C)(C)C)CC2)cc1Cl. The van der Waals surface area contributed by atoms with Crippen LogP contribution in [0.5, 0.6) is 0 Å². The number of nitrogen functional groups attached to an aromatic ring is 1. The lowest BCUT2D eigenvalue weighted by molar-refractivity contribution is -0.136. The first-order chi connectivity index (χ1) is 60.4. The molecule has 0 spiro atoms. The summed E-state index contributed by atoms with van der Waals surface area (Å²) in [5, 5.41) is 0.125. The topological polar surface area (TPSA) is 268 Å². The molecule has 38 heteroatoms. The zero-order valence-electron chi connectivity index (χ0n) is 76.0. The first-order valence-electron chi connectivity index (χ1n) is 44.6. The Kier molecular flexibility index (Phi) is 33.1. The van der Waals surface area contributed by atoms with Gasteiger partial charge in [0.1, 0.15) is 41.5 Å². The van der Waals surface area contributed by atoms with Gasteiger partial charge in [-0.25, -0.2) is 48.4 Å². The van der Waals surface area contributed by atoms with Gasteiger partial charge in [-0.05, 0) is 321 Å². The van der Waals surface area contributed by atoms with Crippen LogP contribution in [-0.2, 0) is 53.8 Å². The van der Waals surface area contributed by atoms with Gasteiger partial charge in [0, 0.05) is 122 Å². The van der Waals surface area contributed by atoms with E-state index in [2.05, 4.69) is 9.62 Å². The number of hydrogen-bond acceptors (Lipinski definition) is 16. The Morgan fingerprint density at radius 3 is 1.16 bits per heavy atom. The number of carbonyl (C=O) groups is 4. The summed E-state index contributed by atoms with van der Waals surface area (Å²) < 4.78 is 214. The third kappa shape index (κ3) is 27.6. The van der Waals surface area contributed by atoms with E-state index in [-0.39, 0.29) is 71.6 Å². The highest BCUT2D eigenvalue weighted by Crippen LogP contribution is 2.49. The molecule has 3 aliphatic carbocycles. The van der Waals surface area contributed by atoms with Crippen molar-refractivity contribution in [1.82, 2.24) is 24.5 Å². The molecule has 9 fully saturated rings. The first kappa shape index (κ1) is 103. The summed E-state index contributed by atoms with van der Waals surface area (Å²) in [6, 6.07) is 17.2. The quantitative estimate of drug-likeness (QED) is 0.0469. The van der Waals surface area contributed by atoms with E-state index in [9.17, 15) is 75.2 Å². The van der Waals surface area contributed by atoms with Crippen molar-refractivity contribution in [2.24, 2.45) is 5.92 Å². The van der Waals surface area contributed by atoms with Crippen molar-refractivity contribution < 1.29 is 98.5 Å². The Balaban J connectivity index is 0.000000174. The second kappa shape index (κ2) is 41.7. The largest absolute Gasteiger partial charge is 0.444 e. The molecular formula is C92H123Cl4F8N9O14S3. The molecule has 6 aliphatic heterocycles. The van der Waals surface area contributed by atoms with Crippen LogP contribution >= 0.6 is 46.4 Å². The van der Waals surface area contributed by atoms with Gasteiger partial charge in [-0.2, -0.15) is 26.3 Å². The van der Waals surface area contributed by atoms with Gasteiger partial charge < -0.3 is 44.3 Å². The van der Waals surface area contributed by atoms with Crippen LogP contribution in [0.1, 0.15) is 245 Å². The zero-order chi connectivity index (χ0) is 95.6. The monoisotopic (exact) mass is 1970 g/mol. The standard InChI is InChI=1S/C33H39ClF5N3O4S.C22H30ClF3N2O4S.C20H29ClN2O4S.C17H25ClN2O2/c1-20-14-31(42(19-33(37,38)39)47(44,45)24-3-4-24)26(16-29(20)34)21-6-10-40(11-7-21)32(43)28-18-41(23-8-12-46-13-9-23)17-27(28)25-5-2-22(35)15-30(25)36;1-14-11-19(28(13-22(24,25)26)33(30,31)16-5-6-16)17(12-18(14)23)15-7-9-27(10-8-15)20(29)32-21(2,3)4;1-13-11-18(22-28(25,26)15-5-6-15)16(12-17(13)21)14-7-9-23(10-8-14)19(24)27-20(2,3)4;1-11-9-15(19)13(10-14(11)18)12-5-7-20(8-6-12)16(21)22-17(2,3)4/h2,5,14-16,21,23-24,27-28H,3-4,6-13,17-19H2,1H3;11-12,15-16H,5-10,13H2,1-4H3;11-12,14-15,22H,5-10H2,1-4H3;9-10,12H,5-8,19H2,1-4H3/t27-,28+;;;/m0.../s1. The second-order valence-corrected chi connectivity index (χ2v) is 46.7. The van der Waals surface area contributed by atoms with E-state index in [1.54, 1.807) is 66.4 Å². The molecule has 2 atom stereocenters. The summed E-state index contributed by atoms with van der Waals surface area (Å²) in [5.74, 6) is -2.68. The van der Waals surface area contributed by atoms with Crippen LogP contribution in [0.25, 0.3) is 0 Å². The molecule has 9 aliphatic rings. The normalized spacial score (nSPS) is 20.1. The number of hydrogen-bond donors (Lipinski definition) is 2. The number of nitrogens with one attached hydrogen (secondary N) is 1. The van der Waals surface area contributed by atoms with Crippen LogP contribution in [-0.4, -0.2) is 217 Å². The van der Waals surface area contributed by atoms with Gasteiger partial charge >= 0.3 is 30.6 Å². The maximum Gasteiger partial charge on any atom is 0.410 e. The summed E-state index contributed by atoms with van der Waals surface area (Å²) in [6.07, 6.45) is -1.19. The van der Waals surface area contributed by atoms with Crippen LogP contribution in [0.15, 0.2) is 66.7 Å². The Labute approximate surface area is 779 Å². The number of rotatable bonds is 18. The number of anilines is 4. The molecule has 5 aromatic carbocycles. The molecule has 5 aromatic rings. The highest BCUT2D eigenvalue weighted by molar-refractivity contribution is 7.94. The van der Waals surface area contributed by atoms with Crippen molar-refractivity contribution in [3.8, 4) is 0 Å². The molecule has 3 N–H and O–H groups in total. The van der Waals surface area contributed by atoms with Crippen molar-refractivity contribution in [2.45, 2.75) is 273 Å². The fourth-order valence-corrected chi connectivity index (χ4v) is 23.4. The number of alkyl halides is 6. The molecular weight excluding hydrogens is 1850 g/mol. The molecule has 0 radical (unpaired) electrons. The third-order valence-corrected chi connectivity index (χ3v) is 32.9. The molecule has 14 rings (SSSR count). The maximum absolute atomic E-state index is 15.1. The highest BCUT2D eigenvalue weighted by Gasteiger charge is 2.50. The fourth-order valence-electron chi connectivity index (χ4n) is 17.6. The average Bonchev–Trinajstić information content (AvgIpc) is 1.24. The molecule has 4 amide bonds. The lowest BCUT2D eigenvalue weighted by Crippen LogP contribution is -2.44. The van der Waals surface area contributed by atoms with Crippen LogP contribution < -0.4 is 19.1 Å². The van der Waals surface area contributed by atoms with E-state index in [1.807, 2.05) is 79.7 Å². The number of halogens is 12. The van der Waals surface area contributed by atoms with Gasteiger partial charge in [0.25, 0.3) is 0 Å². The van der Waals surface area contributed by atoms with Crippen molar-refractivity contribution in [1.29, 1.82) is 0 Å². The molecule has 23 nitrogen and oxygen atoms in total. The summed E-state index contributed by atoms with van der Waals surface area (Å²) in [7, 11) is -11.8. The van der Waals surface area contributed by atoms with Crippen LogP contribution in [0.3, 0.4) is 0 Å². The number of ether oxygens (including phenoxy) is 4. The Bertz CT molecular complexity index is 5250. The summed E-state index contributed by atoms with van der Waals surface area (Å²) in [5.41, 5.74) is 11.9. The number of amides is 4. The van der Waals surface area contributed by atoms with Crippen LogP contribution in [0.2, 0.25) is 20.1 Å². The summed E-state index contributed by atoms with van der Waals surface area (Å²) in [6.45, 7) is 26.2. The lowest BCUT2D eigenvalue weighted by atomic mass is 9.85. The number of benzene rings is 5. The van der Waals surface area contributed by atoms with Gasteiger partial charge in [-0.1, -0.05) is 52.5 Å². The lowest BCUT2D eigenvalue weighted by Gasteiger charge is -2.37. The molecule has 6 saturated heterocycles. The van der Waals surface area contributed by atoms with Crippen molar-refractivity contribution in [2.75, 3.05) is 111 Å². The van der Waals surface area contributed by atoms with E-state index in [0.717, 1.165) is 77.6 Å². The van der Waals surface area contributed by atoms with Crippen molar-refractivity contribution in [3.05, 3.63) is 149 Å². The van der Waals surface area contributed by atoms with E-state index in [0.29, 0.717) is 193 Å². The molecule has 0 bridgehead atoms. The highest BCUT2D eigenvalue weighted by atomic mass is 35.5. The maximum atomic E-state index is 15.1. The number of nitrogens with two attached hydrogens (primary N) is 1. The van der Waals surface area contributed by atoms with E-state index < -0.39 is 112 Å². The van der Waals surface area contributed by atoms with Gasteiger partial charge in [0.05, 0.1) is 38.7 Å². The van der Waals surface area contributed by atoms with E-state index >= 15 is 4.39 Å². The zero-order valence-corrected chi connectivity index (χ0v) is 81.5. The smallest absolute Gasteiger partial charge is 0.410 e. The Morgan fingerprint density at radius 2 is 0.792 bits per heavy atom.